The predicted octanol–water partition coefficient (Wildman–Crippen LogP) is 2.12. The molecular weight excluding hydrogens is 290 g/mol. The smallest absolute Gasteiger partial charge is 0.248 e. The molecule has 21 heavy (non-hydrogen) atoms. The van der Waals surface area contributed by atoms with Crippen LogP contribution in [0.3, 0.4) is 0 Å². The van der Waals surface area contributed by atoms with Gasteiger partial charge in [0.15, 0.2) is 0 Å². The molecule has 0 unspecified atom stereocenters. The molecular formula is C15H18ClN3O2. The lowest BCUT2D eigenvalue weighted by Gasteiger charge is -2.36. The lowest BCUT2D eigenvalue weighted by atomic mass is 10.1. The Morgan fingerprint density at radius 3 is 2.81 bits per heavy atom. The molecule has 1 N–H and O–H groups in total. The van der Waals surface area contributed by atoms with E-state index in [2.05, 4.69) is 16.0 Å². The predicted molar refractivity (Wildman–Crippen MR) is 84.0 cm³/mol. The van der Waals surface area contributed by atoms with Crippen molar-refractivity contribution in [3.8, 4) is 0 Å². The fraction of sp³-hybridized carbons (Fsp3) is 0.400. The van der Waals surface area contributed by atoms with E-state index in [1.54, 1.807) is 7.11 Å². The molecule has 1 fully saturated rings. The summed E-state index contributed by atoms with van der Waals surface area (Å²) in [6.45, 7) is 3.17. The van der Waals surface area contributed by atoms with Crippen molar-refractivity contribution in [3.05, 3.63) is 29.4 Å². The maximum absolute atomic E-state index is 11.8. The molecule has 0 radical (unpaired) electrons. The maximum Gasteiger partial charge on any atom is 0.248 e. The fourth-order valence-corrected chi connectivity index (χ4v) is 3.00. The zero-order chi connectivity index (χ0) is 14.8. The third-order valence-electron chi connectivity index (χ3n) is 3.85. The van der Waals surface area contributed by atoms with E-state index in [0.29, 0.717) is 13.1 Å². The summed E-state index contributed by atoms with van der Waals surface area (Å²) >= 11 is 6.19. The Bertz CT molecular complexity index is 647. The van der Waals surface area contributed by atoms with Crippen LogP contribution >= 0.6 is 11.6 Å². The van der Waals surface area contributed by atoms with Crippen LogP contribution in [-0.4, -0.2) is 55.7 Å². The highest BCUT2D eigenvalue weighted by atomic mass is 35.5. The zero-order valence-electron chi connectivity index (χ0n) is 11.9. The molecule has 1 amide bonds. The molecule has 0 spiro atoms. The van der Waals surface area contributed by atoms with Crippen molar-refractivity contribution in [1.82, 2.24) is 9.88 Å². The van der Waals surface area contributed by atoms with E-state index < -0.39 is 0 Å². The molecule has 0 saturated carbocycles. The second kappa shape index (κ2) is 5.95. The van der Waals surface area contributed by atoms with E-state index in [0.717, 1.165) is 34.7 Å². The van der Waals surface area contributed by atoms with Crippen molar-refractivity contribution in [2.24, 2.45) is 0 Å². The first-order valence-corrected chi connectivity index (χ1v) is 7.35. The van der Waals surface area contributed by atoms with Gasteiger partial charge in [-0.15, -0.1) is 0 Å². The Labute approximate surface area is 128 Å². The number of aromatic amines is 1. The summed E-state index contributed by atoms with van der Waals surface area (Å²) in [7, 11) is 1.54. The van der Waals surface area contributed by atoms with Gasteiger partial charge in [-0.1, -0.05) is 11.6 Å². The molecule has 5 nitrogen and oxygen atoms in total. The van der Waals surface area contributed by atoms with Crippen LogP contribution in [-0.2, 0) is 9.53 Å². The molecule has 6 heteroatoms. The third kappa shape index (κ3) is 2.84. The lowest BCUT2D eigenvalue weighted by Crippen LogP contribution is -2.49. The quantitative estimate of drug-likeness (QED) is 0.945. The second-order valence-electron chi connectivity index (χ2n) is 5.16. The second-order valence-corrected chi connectivity index (χ2v) is 5.60. The maximum atomic E-state index is 11.8. The number of methoxy groups -OCH3 is 1. The van der Waals surface area contributed by atoms with Gasteiger partial charge < -0.3 is 19.5 Å². The van der Waals surface area contributed by atoms with Crippen LogP contribution in [0.25, 0.3) is 10.9 Å². The van der Waals surface area contributed by atoms with Crippen LogP contribution in [0.1, 0.15) is 0 Å². The van der Waals surface area contributed by atoms with Gasteiger partial charge in [-0.3, -0.25) is 4.79 Å². The SMILES string of the molecule is COCC(=O)N1CCN(c2cc(Cl)cc3[nH]ccc23)CC1. The molecule has 1 aliphatic heterocycles. The molecule has 1 saturated heterocycles. The van der Waals surface area contributed by atoms with E-state index in [1.807, 2.05) is 23.2 Å². The number of carbonyl (C=O) groups excluding carboxylic acids is 1. The summed E-state index contributed by atoms with van der Waals surface area (Å²) in [5.41, 5.74) is 2.16. The Kier molecular flexibility index (Phi) is 4.03. The van der Waals surface area contributed by atoms with Crippen molar-refractivity contribution < 1.29 is 9.53 Å². The van der Waals surface area contributed by atoms with Gasteiger partial charge >= 0.3 is 0 Å². The molecule has 3 rings (SSSR count). The Hall–Kier alpha value is -1.72. The molecule has 0 bridgehead atoms. The minimum Gasteiger partial charge on any atom is -0.375 e. The van der Waals surface area contributed by atoms with Crippen LogP contribution in [0.2, 0.25) is 5.02 Å². The van der Waals surface area contributed by atoms with Crippen LogP contribution < -0.4 is 4.90 Å². The number of fused-ring (bicyclic) bond motifs is 1. The van der Waals surface area contributed by atoms with Crippen LogP contribution in [0.4, 0.5) is 5.69 Å². The fourth-order valence-electron chi connectivity index (χ4n) is 2.79. The van der Waals surface area contributed by atoms with Gasteiger partial charge in [0.05, 0.1) is 0 Å². The summed E-state index contributed by atoms with van der Waals surface area (Å²) in [5, 5.41) is 1.88. The first-order chi connectivity index (χ1) is 10.2. The highest BCUT2D eigenvalue weighted by molar-refractivity contribution is 6.31. The van der Waals surface area contributed by atoms with E-state index in [-0.39, 0.29) is 12.5 Å². The van der Waals surface area contributed by atoms with Crippen molar-refractivity contribution >= 4 is 34.1 Å². The van der Waals surface area contributed by atoms with Gasteiger partial charge in [0.2, 0.25) is 5.91 Å². The van der Waals surface area contributed by atoms with E-state index in [9.17, 15) is 4.79 Å². The number of hydrogen-bond acceptors (Lipinski definition) is 3. The van der Waals surface area contributed by atoms with Gasteiger partial charge in [0, 0.05) is 61.1 Å². The third-order valence-corrected chi connectivity index (χ3v) is 4.07. The van der Waals surface area contributed by atoms with Crippen LogP contribution in [0.15, 0.2) is 24.4 Å². The van der Waals surface area contributed by atoms with Gasteiger partial charge in [0.1, 0.15) is 6.61 Å². The topological polar surface area (TPSA) is 48.6 Å². The summed E-state index contributed by atoms with van der Waals surface area (Å²) in [5.74, 6) is 0.0510. The first-order valence-electron chi connectivity index (χ1n) is 6.97. The number of aromatic nitrogens is 1. The molecule has 1 aromatic carbocycles. The summed E-state index contributed by atoms with van der Waals surface area (Å²) in [6, 6.07) is 5.98. The number of halogens is 1. The number of piperazine rings is 1. The number of hydrogen-bond donors (Lipinski definition) is 1. The van der Waals surface area contributed by atoms with Gasteiger partial charge in [-0.25, -0.2) is 0 Å². The number of nitrogens with zero attached hydrogens (tertiary/aromatic N) is 2. The zero-order valence-corrected chi connectivity index (χ0v) is 12.7. The van der Waals surface area contributed by atoms with Crippen molar-refractivity contribution in [3.63, 3.8) is 0 Å². The number of H-pyrrole nitrogens is 1. The summed E-state index contributed by atoms with van der Waals surface area (Å²) < 4.78 is 4.90. The Morgan fingerprint density at radius 1 is 1.33 bits per heavy atom. The monoisotopic (exact) mass is 307 g/mol. The van der Waals surface area contributed by atoms with E-state index >= 15 is 0 Å². The molecule has 0 atom stereocenters. The number of carbonyl (C=O) groups is 1. The highest BCUT2D eigenvalue weighted by Gasteiger charge is 2.22. The van der Waals surface area contributed by atoms with E-state index in [4.69, 9.17) is 16.3 Å². The molecule has 2 aromatic rings. The van der Waals surface area contributed by atoms with Crippen molar-refractivity contribution in [2.75, 3.05) is 44.8 Å². The van der Waals surface area contributed by atoms with Crippen LogP contribution in [0.5, 0.6) is 0 Å². The normalized spacial score (nSPS) is 15.7. The number of benzene rings is 1. The van der Waals surface area contributed by atoms with E-state index in [1.165, 1.54) is 0 Å². The highest BCUT2D eigenvalue weighted by Crippen LogP contribution is 2.30. The molecule has 1 aliphatic rings. The molecule has 112 valence electrons. The van der Waals surface area contributed by atoms with Gasteiger partial charge in [-0.2, -0.15) is 0 Å². The number of rotatable bonds is 3. The molecule has 0 aliphatic carbocycles. The molecule has 2 heterocycles. The lowest BCUT2D eigenvalue weighted by molar-refractivity contribution is -0.135. The summed E-state index contributed by atoms with van der Waals surface area (Å²) in [6.07, 6.45) is 1.92. The van der Waals surface area contributed by atoms with Gasteiger partial charge in [-0.05, 0) is 18.2 Å². The number of nitrogens with one attached hydrogen (secondary N) is 1. The first kappa shape index (κ1) is 14.2. The average Bonchev–Trinajstić information content (AvgIpc) is 2.95. The van der Waals surface area contributed by atoms with Crippen LogP contribution in [0, 0.1) is 0 Å². The minimum absolute atomic E-state index is 0.0510. The Balaban J connectivity index is 1.77. The molecule has 1 aromatic heterocycles. The number of anilines is 1. The largest absolute Gasteiger partial charge is 0.375 e. The number of amides is 1. The van der Waals surface area contributed by atoms with Gasteiger partial charge in [0.25, 0.3) is 0 Å². The minimum atomic E-state index is 0.0510. The standard InChI is InChI=1S/C15H18ClN3O2/c1-21-10-15(20)19-6-4-18(5-7-19)14-9-11(16)8-13-12(14)2-3-17-13/h2-3,8-9,17H,4-7,10H2,1H3. The summed E-state index contributed by atoms with van der Waals surface area (Å²) in [4.78, 5) is 19.1. The Morgan fingerprint density at radius 2 is 2.10 bits per heavy atom. The van der Waals surface area contributed by atoms with Crippen molar-refractivity contribution in [2.45, 2.75) is 0 Å². The average molecular weight is 308 g/mol. The van der Waals surface area contributed by atoms with Crippen molar-refractivity contribution in [1.29, 1.82) is 0 Å². The number of ether oxygens (including phenoxy) is 1.